The Balaban J connectivity index is 2.19. The lowest BCUT2D eigenvalue weighted by Gasteiger charge is -2.11. The molecule has 0 aliphatic carbocycles. The number of anilines is 1. The summed E-state index contributed by atoms with van der Waals surface area (Å²) in [5, 5.41) is 12.6. The van der Waals surface area contributed by atoms with Gasteiger partial charge in [-0.15, -0.1) is 0 Å². The van der Waals surface area contributed by atoms with E-state index in [4.69, 9.17) is 0 Å². The second-order valence-corrected chi connectivity index (χ2v) is 5.53. The van der Waals surface area contributed by atoms with Crippen molar-refractivity contribution in [1.29, 1.82) is 0 Å². The normalized spacial score (nSPS) is 10.7. The van der Waals surface area contributed by atoms with E-state index in [1.54, 1.807) is 13.8 Å². The largest absolute Gasteiger partial charge is 0.507 e. The number of phenolic OH excluding ortho intramolecular Hbond substituents is 1. The SMILES string of the molecule is Cc1cc(CNc2cc(Br)c(F)cc2F)cc(C)c1O. The van der Waals surface area contributed by atoms with Gasteiger partial charge in [-0.1, -0.05) is 12.1 Å². The molecule has 0 amide bonds. The fourth-order valence-corrected chi connectivity index (χ4v) is 2.35. The van der Waals surface area contributed by atoms with E-state index in [1.165, 1.54) is 6.07 Å². The van der Waals surface area contributed by atoms with Crippen LogP contribution in [0, 0.1) is 25.5 Å². The number of aromatic hydroxyl groups is 1. The molecule has 0 bridgehead atoms. The molecule has 2 aromatic carbocycles. The van der Waals surface area contributed by atoms with Gasteiger partial charge < -0.3 is 10.4 Å². The van der Waals surface area contributed by atoms with Crippen molar-refractivity contribution in [2.75, 3.05) is 5.32 Å². The molecule has 2 nitrogen and oxygen atoms in total. The summed E-state index contributed by atoms with van der Waals surface area (Å²) in [5.74, 6) is -1.01. The molecule has 0 aliphatic rings. The van der Waals surface area contributed by atoms with Crippen molar-refractivity contribution in [2.24, 2.45) is 0 Å². The molecule has 2 aromatic rings. The predicted octanol–water partition coefficient (Wildman–Crippen LogP) is 4.66. The van der Waals surface area contributed by atoms with Crippen LogP contribution in [0.3, 0.4) is 0 Å². The summed E-state index contributed by atoms with van der Waals surface area (Å²) >= 11 is 3.02. The van der Waals surface area contributed by atoms with Gasteiger partial charge in [-0.3, -0.25) is 0 Å². The number of benzene rings is 2. The number of nitrogens with one attached hydrogen (secondary N) is 1. The number of halogens is 3. The van der Waals surface area contributed by atoms with Crippen LogP contribution >= 0.6 is 15.9 Å². The molecule has 106 valence electrons. The molecule has 2 rings (SSSR count). The Bertz CT molecular complexity index is 636. The first-order valence-electron chi connectivity index (χ1n) is 6.06. The van der Waals surface area contributed by atoms with Crippen molar-refractivity contribution in [3.05, 3.63) is 57.1 Å². The Kier molecular flexibility index (Phi) is 4.28. The van der Waals surface area contributed by atoms with Crippen LogP contribution < -0.4 is 5.32 Å². The summed E-state index contributed by atoms with van der Waals surface area (Å²) in [6.45, 7) is 4.00. The highest BCUT2D eigenvalue weighted by atomic mass is 79.9. The quantitative estimate of drug-likeness (QED) is 0.795. The molecular weight excluding hydrogens is 328 g/mol. The minimum atomic E-state index is -0.641. The van der Waals surface area contributed by atoms with Crippen LogP contribution in [0.5, 0.6) is 5.75 Å². The lowest BCUT2D eigenvalue weighted by Crippen LogP contribution is -2.03. The highest BCUT2D eigenvalue weighted by molar-refractivity contribution is 9.10. The van der Waals surface area contributed by atoms with Gasteiger partial charge in [0.15, 0.2) is 0 Å². The fraction of sp³-hybridized carbons (Fsp3) is 0.200. The van der Waals surface area contributed by atoms with Crippen molar-refractivity contribution in [2.45, 2.75) is 20.4 Å². The van der Waals surface area contributed by atoms with Gasteiger partial charge in [0, 0.05) is 12.6 Å². The molecule has 0 heterocycles. The molecule has 0 radical (unpaired) electrons. The number of aryl methyl sites for hydroxylation is 2. The van der Waals surface area contributed by atoms with Gasteiger partial charge in [0.05, 0.1) is 10.2 Å². The van der Waals surface area contributed by atoms with Crippen molar-refractivity contribution in [1.82, 2.24) is 0 Å². The van der Waals surface area contributed by atoms with E-state index in [0.717, 1.165) is 22.8 Å². The lowest BCUT2D eigenvalue weighted by molar-refractivity contribution is 0.466. The Morgan fingerprint density at radius 1 is 1.05 bits per heavy atom. The third-order valence-corrected chi connectivity index (χ3v) is 3.65. The highest BCUT2D eigenvalue weighted by Crippen LogP contribution is 2.26. The maximum atomic E-state index is 13.6. The van der Waals surface area contributed by atoms with Crippen molar-refractivity contribution in [3.63, 3.8) is 0 Å². The summed E-state index contributed by atoms with van der Waals surface area (Å²) in [6, 6.07) is 5.85. The van der Waals surface area contributed by atoms with Crippen molar-refractivity contribution >= 4 is 21.6 Å². The van der Waals surface area contributed by atoms with Gasteiger partial charge in [0.25, 0.3) is 0 Å². The van der Waals surface area contributed by atoms with Crippen molar-refractivity contribution < 1.29 is 13.9 Å². The Morgan fingerprint density at radius 2 is 1.65 bits per heavy atom. The van der Waals surface area contributed by atoms with Gasteiger partial charge in [-0.2, -0.15) is 0 Å². The molecular formula is C15H14BrF2NO. The van der Waals surface area contributed by atoms with Crippen LogP contribution in [0.4, 0.5) is 14.5 Å². The first kappa shape index (κ1) is 14.8. The number of hydrogen-bond acceptors (Lipinski definition) is 2. The predicted molar refractivity (Wildman–Crippen MR) is 79.0 cm³/mol. The zero-order valence-corrected chi connectivity index (χ0v) is 12.7. The molecule has 2 N–H and O–H groups in total. The van der Waals surface area contributed by atoms with Crippen LogP contribution in [-0.4, -0.2) is 5.11 Å². The van der Waals surface area contributed by atoms with Crippen molar-refractivity contribution in [3.8, 4) is 5.75 Å². The van der Waals surface area contributed by atoms with Gasteiger partial charge in [0.2, 0.25) is 0 Å². The monoisotopic (exact) mass is 341 g/mol. The fourth-order valence-electron chi connectivity index (χ4n) is 2.00. The number of hydrogen-bond donors (Lipinski definition) is 2. The van der Waals surface area contributed by atoms with E-state index in [1.807, 2.05) is 12.1 Å². The van der Waals surface area contributed by atoms with Gasteiger partial charge >= 0.3 is 0 Å². The van der Waals surface area contributed by atoms with E-state index in [0.29, 0.717) is 6.54 Å². The summed E-state index contributed by atoms with van der Waals surface area (Å²) < 4.78 is 26.9. The Morgan fingerprint density at radius 3 is 2.25 bits per heavy atom. The van der Waals surface area contributed by atoms with Crippen LogP contribution in [0.15, 0.2) is 28.7 Å². The maximum Gasteiger partial charge on any atom is 0.149 e. The van der Waals surface area contributed by atoms with Gasteiger partial charge in [0.1, 0.15) is 17.4 Å². The molecule has 0 aromatic heterocycles. The summed E-state index contributed by atoms with van der Waals surface area (Å²) in [7, 11) is 0. The van der Waals surface area contributed by atoms with Crippen LogP contribution in [-0.2, 0) is 6.54 Å². The molecule has 0 saturated heterocycles. The first-order valence-corrected chi connectivity index (χ1v) is 6.85. The third-order valence-electron chi connectivity index (χ3n) is 3.04. The Hall–Kier alpha value is -1.62. The third kappa shape index (κ3) is 3.10. The second-order valence-electron chi connectivity index (χ2n) is 4.68. The topological polar surface area (TPSA) is 32.3 Å². The van der Waals surface area contributed by atoms with E-state index in [9.17, 15) is 13.9 Å². The minimum Gasteiger partial charge on any atom is -0.507 e. The standard InChI is InChI=1S/C15H14BrF2NO/c1-8-3-10(4-9(2)15(8)20)7-19-14-5-11(16)12(17)6-13(14)18/h3-6,19-20H,7H2,1-2H3. The smallest absolute Gasteiger partial charge is 0.149 e. The molecule has 0 unspecified atom stereocenters. The van der Waals surface area contributed by atoms with Gasteiger partial charge in [-0.05, 0) is 52.5 Å². The zero-order chi connectivity index (χ0) is 14.9. The van der Waals surface area contributed by atoms with E-state index < -0.39 is 11.6 Å². The average Bonchev–Trinajstić information content (AvgIpc) is 2.38. The summed E-state index contributed by atoms with van der Waals surface area (Å²) in [4.78, 5) is 0. The van der Waals surface area contributed by atoms with E-state index in [-0.39, 0.29) is 15.9 Å². The van der Waals surface area contributed by atoms with E-state index in [2.05, 4.69) is 21.2 Å². The first-order chi connectivity index (χ1) is 9.38. The molecule has 0 atom stereocenters. The number of phenols is 1. The molecule has 5 heteroatoms. The zero-order valence-electron chi connectivity index (χ0n) is 11.1. The molecule has 0 fully saturated rings. The molecule has 0 spiro atoms. The van der Waals surface area contributed by atoms with Gasteiger partial charge in [-0.25, -0.2) is 8.78 Å². The average molecular weight is 342 g/mol. The van der Waals surface area contributed by atoms with E-state index >= 15 is 0 Å². The van der Waals surface area contributed by atoms with Crippen LogP contribution in [0.1, 0.15) is 16.7 Å². The number of rotatable bonds is 3. The van der Waals surface area contributed by atoms with Crippen LogP contribution in [0.25, 0.3) is 0 Å². The summed E-state index contributed by atoms with van der Waals surface area (Å²) in [6.07, 6.45) is 0. The van der Waals surface area contributed by atoms with Crippen LogP contribution in [0.2, 0.25) is 0 Å². The highest BCUT2D eigenvalue weighted by Gasteiger charge is 2.09. The molecule has 0 saturated carbocycles. The summed E-state index contributed by atoms with van der Waals surface area (Å²) in [5.41, 5.74) is 2.67. The minimum absolute atomic E-state index is 0.208. The molecule has 0 aliphatic heterocycles. The molecule has 20 heavy (non-hydrogen) atoms. The lowest BCUT2D eigenvalue weighted by atomic mass is 10.1. The maximum absolute atomic E-state index is 13.6. The second kappa shape index (κ2) is 5.79. The Labute approximate surface area is 124 Å².